The van der Waals surface area contributed by atoms with Crippen LogP contribution in [0.4, 0.5) is 10.1 Å². The maximum Gasteiger partial charge on any atom is 0.313 e. The number of halogens is 1. The van der Waals surface area contributed by atoms with Gasteiger partial charge in [-0.2, -0.15) is 0 Å². The van der Waals surface area contributed by atoms with Gasteiger partial charge in [-0.05, 0) is 12.1 Å². The fourth-order valence-corrected chi connectivity index (χ4v) is 1.93. The molecule has 0 spiro atoms. The Morgan fingerprint density at radius 2 is 2.30 bits per heavy atom. The Balaban J connectivity index is 2.32. The molecule has 0 unspecified atom stereocenters. The number of hydrogen-bond acceptors (Lipinski definition) is 6. The van der Waals surface area contributed by atoms with Gasteiger partial charge in [0.25, 0.3) is 5.69 Å². The van der Waals surface area contributed by atoms with Crippen LogP contribution in [0.3, 0.4) is 0 Å². The Kier molecular flexibility index (Phi) is 3.94. The maximum absolute atomic E-state index is 13.0. The van der Waals surface area contributed by atoms with Crippen LogP contribution in [-0.2, 0) is 4.79 Å². The third-order valence-corrected chi connectivity index (χ3v) is 3.03. The Morgan fingerprint density at radius 1 is 1.55 bits per heavy atom. The minimum absolute atomic E-state index is 0.0737. The number of hydrogen-bond donors (Lipinski definition) is 2. The summed E-state index contributed by atoms with van der Waals surface area (Å²) in [6.45, 7) is 0. The summed E-state index contributed by atoms with van der Waals surface area (Å²) < 4.78 is 13.0. The van der Waals surface area contributed by atoms with Crippen LogP contribution in [0.1, 0.15) is 0 Å². The van der Waals surface area contributed by atoms with Gasteiger partial charge in [0.2, 0.25) is 5.16 Å². The summed E-state index contributed by atoms with van der Waals surface area (Å²) in [6, 6.07) is 3.05. The van der Waals surface area contributed by atoms with Crippen molar-refractivity contribution in [2.45, 2.75) is 5.16 Å². The van der Waals surface area contributed by atoms with E-state index in [0.29, 0.717) is 0 Å². The normalized spacial score (nSPS) is 10.4. The van der Waals surface area contributed by atoms with Crippen molar-refractivity contribution in [3.05, 3.63) is 34.1 Å². The molecule has 1 aromatic carbocycles. The molecule has 8 nitrogen and oxygen atoms in total. The summed E-state index contributed by atoms with van der Waals surface area (Å²) in [5.41, 5.74) is -0.373. The van der Waals surface area contributed by atoms with E-state index in [1.54, 1.807) is 0 Å². The topological polar surface area (TPSA) is 122 Å². The minimum atomic E-state index is -1.03. The molecule has 2 aromatic rings. The highest BCUT2D eigenvalue weighted by Crippen LogP contribution is 2.28. The van der Waals surface area contributed by atoms with Gasteiger partial charge >= 0.3 is 5.97 Å². The first kappa shape index (κ1) is 13.9. The quantitative estimate of drug-likeness (QED) is 0.489. The first-order chi connectivity index (χ1) is 9.47. The van der Waals surface area contributed by atoms with Crippen LogP contribution < -0.4 is 0 Å². The number of H-pyrrole nitrogens is 1. The number of aromatic amines is 1. The molecule has 0 bridgehead atoms. The Labute approximate surface area is 115 Å². The first-order valence-electron chi connectivity index (χ1n) is 5.18. The number of rotatable bonds is 5. The van der Waals surface area contributed by atoms with Crippen molar-refractivity contribution in [2.75, 3.05) is 5.75 Å². The van der Waals surface area contributed by atoms with Gasteiger partial charge in [0.05, 0.1) is 22.3 Å². The molecule has 0 saturated carbocycles. The zero-order valence-electron chi connectivity index (χ0n) is 9.74. The van der Waals surface area contributed by atoms with Gasteiger partial charge in [0, 0.05) is 0 Å². The van der Waals surface area contributed by atoms with E-state index >= 15 is 0 Å². The standard InChI is InChI=1S/C10H7FN4O4S/c11-5-1-2-6(7(3-5)15(18)19)9-12-10(14-13-9)20-4-8(16)17/h1-3H,4H2,(H,16,17)(H,12,13,14). The molecule has 104 valence electrons. The van der Waals surface area contributed by atoms with Crippen molar-refractivity contribution in [1.29, 1.82) is 0 Å². The number of benzene rings is 1. The molecular weight excluding hydrogens is 291 g/mol. The number of carboxylic acid groups (broad SMARTS) is 1. The molecule has 0 radical (unpaired) electrons. The molecular formula is C10H7FN4O4S. The number of aliphatic carboxylic acids is 1. The van der Waals surface area contributed by atoms with Gasteiger partial charge in [0.1, 0.15) is 5.82 Å². The number of carbonyl (C=O) groups is 1. The van der Waals surface area contributed by atoms with E-state index in [4.69, 9.17) is 5.11 Å². The van der Waals surface area contributed by atoms with E-state index in [1.807, 2.05) is 0 Å². The van der Waals surface area contributed by atoms with Crippen LogP contribution in [0.2, 0.25) is 0 Å². The number of nitro benzene ring substituents is 1. The molecule has 0 amide bonds. The van der Waals surface area contributed by atoms with Gasteiger partial charge < -0.3 is 5.11 Å². The summed E-state index contributed by atoms with van der Waals surface area (Å²) in [6.07, 6.45) is 0. The molecule has 0 atom stereocenters. The van der Waals surface area contributed by atoms with E-state index in [-0.39, 0.29) is 22.3 Å². The molecule has 0 aliphatic carbocycles. The molecule has 10 heteroatoms. The van der Waals surface area contributed by atoms with E-state index in [1.165, 1.54) is 6.07 Å². The summed E-state index contributed by atoms with van der Waals surface area (Å²) in [4.78, 5) is 24.5. The lowest BCUT2D eigenvalue weighted by molar-refractivity contribution is -0.384. The fourth-order valence-electron chi connectivity index (χ4n) is 1.41. The predicted octanol–water partition coefficient (Wildman–Crippen LogP) is 1.70. The highest BCUT2D eigenvalue weighted by atomic mass is 32.2. The highest BCUT2D eigenvalue weighted by molar-refractivity contribution is 7.99. The highest BCUT2D eigenvalue weighted by Gasteiger charge is 2.19. The van der Waals surface area contributed by atoms with Crippen LogP contribution in [0.15, 0.2) is 23.4 Å². The maximum atomic E-state index is 13.0. The van der Waals surface area contributed by atoms with Crippen molar-refractivity contribution in [2.24, 2.45) is 0 Å². The van der Waals surface area contributed by atoms with Gasteiger partial charge in [-0.15, -0.1) is 5.10 Å². The van der Waals surface area contributed by atoms with Gasteiger partial charge in [-0.25, -0.2) is 9.37 Å². The molecule has 2 N–H and O–H groups in total. The van der Waals surface area contributed by atoms with Gasteiger partial charge in [-0.1, -0.05) is 11.8 Å². The van der Waals surface area contributed by atoms with Crippen molar-refractivity contribution in [3.8, 4) is 11.4 Å². The molecule has 1 heterocycles. The lowest BCUT2D eigenvalue weighted by Crippen LogP contribution is -1.97. The second kappa shape index (κ2) is 5.65. The van der Waals surface area contributed by atoms with Crippen molar-refractivity contribution in [3.63, 3.8) is 0 Å². The fraction of sp³-hybridized carbons (Fsp3) is 0.100. The minimum Gasteiger partial charge on any atom is -0.481 e. The first-order valence-corrected chi connectivity index (χ1v) is 6.17. The number of carboxylic acids is 1. The smallest absolute Gasteiger partial charge is 0.313 e. The third-order valence-electron chi connectivity index (χ3n) is 2.20. The predicted molar refractivity (Wildman–Crippen MR) is 66.8 cm³/mol. The molecule has 0 aliphatic rings. The number of nitrogens with zero attached hydrogens (tertiary/aromatic N) is 3. The zero-order chi connectivity index (χ0) is 14.7. The van der Waals surface area contributed by atoms with Crippen molar-refractivity contribution in [1.82, 2.24) is 15.2 Å². The monoisotopic (exact) mass is 298 g/mol. The molecule has 2 rings (SSSR count). The zero-order valence-corrected chi connectivity index (χ0v) is 10.6. The van der Waals surface area contributed by atoms with Crippen LogP contribution in [0.5, 0.6) is 0 Å². The summed E-state index contributed by atoms with van der Waals surface area (Å²) in [5, 5.41) is 25.7. The van der Waals surface area contributed by atoms with Crippen molar-refractivity contribution >= 4 is 23.4 Å². The van der Waals surface area contributed by atoms with E-state index < -0.39 is 22.4 Å². The van der Waals surface area contributed by atoms with Crippen LogP contribution in [0.25, 0.3) is 11.4 Å². The molecule has 0 fully saturated rings. The lowest BCUT2D eigenvalue weighted by atomic mass is 10.1. The second-order valence-electron chi connectivity index (χ2n) is 3.57. The molecule has 20 heavy (non-hydrogen) atoms. The molecule has 0 aliphatic heterocycles. The Hall–Kier alpha value is -2.49. The Morgan fingerprint density at radius 3 is 2.95 bits per heavy atom. The van der Waals surface area contributed by atoms with Gasteiger partial charge in [0.15, 0.2) is 5.82 Å². The van der Waals surface area contributed by atoms with Gasteiger partial charge in [-0.3, -0.25) is 20.0 Å². The SMILES string of the molecule is O=C(O)CSc1n[nH]c(-c2ccc(F)cc2[N+](=O)[O-])n1. The third kappa shape index (κ3) is 3.09. The van der Waals surface area contributed by atoms with Crippen molar-refractivity contribution < 1.29 is 19.2 Å². The Bertz CT molecular complexity index is 675. The average molecular weight is 298 g/mol. The number of thioether (sulfide) groups is 1. The lowest BCUT2D eigenvalue weighted by Gasteiger charge is -1.98. The number of nitrogens with one attached hydrogen (secondary N) is 1. The van der Waals surface area contributed by atoms with E-state index in [0.717, 1.165) is 23.9 Å². The summed E-state index contributed by atoms with van der Waals surface area (Å²) in [5.74, 6) is -1.93. The number of aromatic nitrogens is 3. The molecule has 0 saturated heterocycles. The van der Waals surface area contributed by atoms with Crippen LogP contribution >= 0.6 is 11.8 Å². The van der Waals surface area contributed by atoms with Crippen LogP contribution in [0, 0.1) is 15.9 Å². The number of nitro groups is 1. The van der Waals surface area contributed by atoms with E-state index in [9.17, 15) is 19.3 Å². The second-order valence-corrected chi connectivity index (χ2v) is 4.51. The summed E-state index contributed by atoms with van der Waals surface area (Å²) in [7, 11) is 0. The average Bonchev–Trinajstić information content (AvgIpc) is 2.84. The largest absolute Gasteiger partial charge is 0.481 e. The molecule has 1 aromatic heterocycles. The van der Waals surface area contributed by atoms with Crippen LogP contribution in [-0.4, -0.2) is 36.9 Å². The summed E-state index contributed by atoms with van der Waals surface area (Å²) >= 11 is 0.864. The van der Waals surface area contributed by atoms with E-state index in [2.05, 4.69) is 15.2 Å².